The first-order valence-electron chi connectivity index (χ1n) is 6.43. The Morgan fingerprint density at radius 3 is 2.89 bits per heavy atom. The summed E-state index contributed by atoms with van der Waals surface area (Å²) in [6.45, 7) is 0.795. The molecule has 1 spiro atoms. The Balaban J connectivity index is 1.64. The summed E-state index contributed by atoms with van der Waals surface area (Å²) in [6, 6.07) is 6.97. The van der Waals surface area contributed by atoms with Crippen molar-refractivity contribution >= 4 is 11.8 Å². The van der Waals surface area contributed by atoms with Crippen LogP contribution in [0, 0.1) is 0 Å². The molecule has 0 saturated carbocycles. The van der Waals surface area contributed by atoms with Gasteiger partial charge in [0.15, 0.2) is 0 Å². The van der Waals surface area contributed by atoms with Gasteiger partial charge in [0, 0.05) is 18.6 Å². The van der Waals surface area contributed by atoms with E-state index in [-0.39, 0.29) is 17.5 Å². The van der Waals surface area contributed by atoms with Gasteiger partial charge in [0.2, 0.25) is 0 Å². The SMILES string of the molecule is Oc1ccc(OC2CCOC3(CCSC3)C2)cc1. The minimum absolute atomic E-state index is 0.0600. The second-order valence-electron chi connectivity index (χ2n) is 5.06. The van der Waals surface area contributed by atoms with Crippen LogP contribution in [0.3, 0.4) is 0 Å². The number of rotatable bonds is 2. The highest BCUT2D eigenvalue weighted by atomic mass is 32.2. The van der Waals surface area contributed by atoms with Crippen molar-refractivity contribution in [3.05, 3.63) is 24.3 Å². The van der Waals surface area contributed by atoms with Gasteiger partial charge < -0.3 is 14.6 Å². The van der Waals surface area contributed by atoms with E-state index in [0.717, 1.165) is 37.4 Å². The zero-order valence-electron chi connectivity index (χ0n) is 10.3. The second kappa shape index (κ2) is 5.02. The van der Waals surface area contributed by atoms with Crippen molar-refractivity contribution in [2.24, 2.45) is 0 Å². The van der Waals surface area contributed by atoms with Gasteiger partial charge in [-0.05, 0) is 36.4 Å². The number of thioether (sulfide) groups is 1. The lowest BCUT2D eigenvalue weighted by atomic mass is 9.91. The molecular weight excluding hydrogens is 248 g/mol. The fourth-order valence-corrected chi connectivity index (χ4v) is 4.04. The van der Waals surface area contributed by atoms with Gasteiger partial charge in [-0.2, -0.15) is 11.8 Å². The lowest BCUT2D eigenvalue weighted by molar-refractivity contribution is -0.0959. The van der Waals surface area contributed by atoms with Crippen molar-refractivity contribution in [1.29, 1.82) is 0 Å². The standard InChI is InChI=1S/C14H18O3S/c15-11-1-3-12(4-2-11)17-13-5-7-16-14(9-13)6-8-18-10-14/h1-4,13,15H,5-10H2. The zero-order valence-corrected chi connectivity index (χ0v) is 11.1. The van der Waals surface area contributed by atoms with Gasteiger partial charge in [0.25, 0.3) is 0 Å². The minimum Gasteiger partial charge on any atom is -0.508 e. The Morgan fingerprint density at radius 1 is 1.33 bits per heavy atom. The number of hydrogen-bond acceptors (Lipinski definition) is 4. The van der Waals surface area contributed by atoms with E-state index < -0.39 is 0 Å². The van der Waals surface area contributed by atoms with Gasteiger partial charge in [-0.25, -0.2) is 0 Å². The van der Waals surface area contributed by atoms with Crippen LogP contribution in [0.1, 0.15) is 19.3 Å². The van der Waals surface area contributed by atoms with Crippen molar-refractivity contribution in [2.45, 2.75) is 31.0 Å². The monoisotopic (exact) mass is 266 g/mol. The van der Waals surface area contributed by atoms with E-state index in [2.05, 4.69) is 0 Å². The summed E-state index contributed by atoms with van der Waals surface area (Å²) in [5.74, 6) is 3.41. The van der Waals surface area contributed by atoms with E-state index in [9.17, 15) is 5.11 Å². The predicted octanol–water partition coefficient (Wildman–Crippen LogP) is 2.83. The van der Waals surface area contributed by atoms with Crippen LogP contribution >= 0.6 is 11.8 Å². The molecule has 0 amide bonds. The minimum atomic E-state index is 0.0600. The Bertz CT molecular complexity index is 398. The van der Waals surface area contributed by atoms with Crippen molar-refractivity contribution in [3.63, 3.8) is 0 Å². The highest BCUT2D eigenvalue weighted by Crippen LogP contribution is 2.39. The highest BCUT2D eigenvalue weighted by Gasteiger charge is 2.41. The maximum absolute atomic E-state index is 9.25. The number of hydrogen-bond donors (Lipinski definition) is 1. The average Bonchev–Trinajstić information content (AvgIpc) is 2.80. The molecule has 2 saturated heterocycles. The van der Waals surface area contributed by atoms with E-state index in [4.69, 9.17) is 9.47 Å². The highest BCUT2D eigenvalue weighted by molar-refractivity contribution is 7.99. The molecule has 2 unspecified atom stereocenters. The first-order valence-corrected chi connectivity index (χ1v) is 7.59. The molecule has 18 heavy (non-hydrogen) atoms. The average molecular weight is 266 g/mol. The molecule has 2 fully saturated rings. The number of benzene rings is 1. The van der Waals surface area contributed by atoms with Crippen LogP contribution in [-0.4, -0.2) is 34.9 Å². The molecule has 3 nitrogen and oxygen atoms in total. The number of phenols is 1. The first-order chi connectivity index (χ1) is 8.76. The maximum Gasteiger partial charge on any atom is 0.119 e. The summed E-state index contributed by atoms with van der Waals surface area (Å²) in [5.41, 5.74) is 0.0600. The fourth-order valence-electron chi connectivity index (χ4n) is 2.66. The summed E-state index contributed by atoms with van der Waals surface area (Å²) < 4.78 is 12.0. The molecule has 2 aliphatic heterocycles. The molecule has 1 N–H and O–H groups in total. The molecule has 3 rings (SSSR count). The smallest absolute Gasteiger partial charge is 0.119 e. The third kappa shape index (κ3) is 2.59. The summed E-state index contributed by atoms with van der Waals surface area (Å²) in [5, 5.41) is 9.25. The van der Waals surface area contributed by atoms with Gasteiger partial charge >= 0.3 is 0 Å². The maximum atomic E-state index is 9.25. The Morgan fingerprint density at radius 2 is 2.17 bits per heavy atom. The van der Waals surface area contributed by atoms with E-state index in [1.54, 1.807) is 12.1 Å². The second-order valence-corrected chi connectivity index (χ2v) is 6.17. The van der Waals surface area contributed by atoms with Crippen LogP contribution in [0.4, 0.5) is 0 Å². The molecule has 2 aliphatic rings. The zero-order chi connectivity index (χ0) is 12.4. The van der Waals surface area contributed by atoms with E-state index in [0.29, 0.717) is 0 Å². The van der Waals surface area contributed by atoms with E-state index in [1.165, 1.54) is 5.75 Å². The van der Waals surface area contributed by atoms with Crippen molar-refractivity contribution in [3.8, 4) is 11.5 Å². The molecule has 0 radical (unpaired) electrons. The quantitative estimate of drug-likeness (QED) is 0.893. The largest absolute Gasteiger partial charge is 0.508 e. The number of ether oxygens (including phenoxy) is 2. The van der Waals surface area contributed by atoms with Crippen molar-refractivity contribution < 1.29 is 14.6 Å². The summed E-state index contributed by atoms with van der Waals surface area (Å²) in [4.78, 5) is 0. The molecule has 1 aromatic rings. The molecule has 0 aromatic heterocycles. The van der Waals surface area contributed by atoms with E-state index >= 15 is 0 Å². The third-order valence-corrected chi connectivity index (χ3v) is 4.88. The number of phenolic OH excluding ortho intramolecular Hbond substituents is 1. The molecule has 2 atom stereocenters. The Labute approximate surface area is 111 Å². The van der Waals surface area contributed by atoms with Crippen LogP contribution in [0.25, 0.3) is 0 Å². The van der Waals surface area contributed by atoms with Gasteiger partial charge in [-0.1, -0.05) is 0 Å². The third-order valence-electron chi connectivity index (χ3n) is 3.65. The Hall–Kier alpha value is -0.870. The predicted molar refractivity (Wildman–Crippen MR) is 72.4 cm³/mol. The lowest BCUT2D eigenvalue weighted by Crippen LogP contribution is -2.43. The van der Waals surface area contributed by atoms with Crippen LogP contribution in [0.15, 0.2) is 24.3 Å². The van der Waals surface area contributed by atoms with Crippen LogP contribution in [0.2, 0.25) is 0 Å². The molecule has 1 aromatic carbocycles. The molecular formula is C14H18O3S. The normalized spacial score (nSPS) is 31.7. The summed E-state index contributed by atoms with van der Waals surface area (Å²) >= 11 is 1.98. The van der Waals surface area contributed by atoms with Gasteiger partial charge in [-0.15, -0.1) is 0 Å². The molecule has 0 bridgehead atoms. The molecule has 0 aliphatic carbocycles. The van der Waals surface area contributed by atoms with Crippen molar-refractivity contribution in [1.82, 2.24) is 0 Å². The fraction of sp³-hybridized carbons (Fsp3) is 0.571. The van der Waals surface area contributed by atoms with Gasteiger partial charge in [0.05, 0.1) is 12.2 Å². The lowest BCUT2D eigenvalue weighted by Gasteiger charge is -2.37. The van der Waals surface area contributed by atoms with Crippen molar-refractivity contribution in [2.75, 3.05) is 18.1 Å². The molecule has 98 valence electrons. The topological polar surface area (TPSA) is 38.7 Å². The number of aromatic hydroxyl groups is 1. The summed E-state index contributed by atoms with van der Waals surface area (Å²) in [7, 11) is 0. The molecule has 4 heteroatoms. The van der Waals surface area contributed by atoms with Crippen LogP contribution in [0.5, 0.6) is 11.5 Å². The van der Waals surface area contributed by atoms with Crippen LogP contribution < -0.4 is 4.74 Å². The van der Waals surface area contributed by atoms with E-state index in [1.807, 2.05) is 23.9 Å². The first kappa shape index (κ1) is 12.2. The van der Waals surface area contributed by atoms with Crippen LogP contribution in [-0.2, 0) is 4.74 Å². The van der Waals surface area contributed by atoms with Gasteiger partial charge in [-0.3, -0.25) is 0 Å². The summed E-state index contributed by atoms with van der Waals surface area (Å²) in [6.07, 6.45) is 3.32. The molecule has 2 heterocycles. The van der Waals surface area contributed by atoms with Gasteiger partial charge in [0.1, 0.15) is 17.6 Å². The Kier molecular flexibility index (Phi) is 3.39.